The Balaban J connectivity index is 2.17. The van der Waals surface area contributed by atoms with Gasteiger partial charge in [-0.25, -0.2) is 0 Å². The summed E-state index contributed by atoms with van der Waals surface area (Å²) in [6, 6.07) is 0. The highest BCUT2D eigenvalue weighted by Crippen LogP contribution is 2.02. The molecule has 0 aromatic rings. The van der Waals surface area contributed by atoms with E-state index >= 15 is 0 Å². The molecule has 1 aliphatic heterocycles. The zero-order valence-electron chi connectivity index (χ0n) is 5.09. The van der Waals surface area contributed by atoms with Crippen LogP contribution in [0.1, 0.15) is 13.3 Å². The standard InChI is InChI=1S/C6H11O2/c1-6-7-4-2-3-5-8-6/h2,6H,3-5H2,1H3. The van der Waals surface area contributed by atoms with Gasteiger partial charge in [-0.2, -0.15) is 0 Å². The van der Waals surface area contributed by atoms with Crippen molar-refractivity contribution in [2.45, 2.75) is 19.6 Å². The average Bonchev–Trinajstić information content (AvgIpc) is 1.94. The van der Waals surface area contributed by atoms with E-state index in [9.17, 15) is 0 Å². The number of rotatable bonds is 0. The van der Waals surface area contributed by atoms with Crippen LogP contribution in [0.3, 0.4) is 0 Å². The summed E-state index contributed by atoms with van der Waals surface area (Å²) in [6.45, 7) is 3.46. The van der Waals surface area contributed by atoms with Gasteiger partial charge < -0.3 is 9.47 Å². The van der Waals surface area contributed by atoms with E-state index in [-0.39, 0.29) is 6.29 Å². The molecule has 0 N–H and O–H groups in total. The minimum atomic E-state index is -0.00579. The van der Waals surface area contributed by atoms with E-state index in [0.29, 0.717) is 0 Å². The number of hydrogen-bond donors (Lipinski definition) is 0. The molecule has 0 aromatic heterocycles. The second kappa shape index (κ2) is 3.05. The molecule has 1 fully saturated rings. The van der Waals surface area contributed by atoms with Gasteiger partial charge in [0.1, 0.15) is 0 Å². The molecule has 8 heavy (non-hydrogen) atoms. The van der Waals surface area contributed by atoms with Crippen LogP contribution in [-0.2, 0) is 9.47 Å². The van der Waals surface area contributed by atoms with Crippen LogP contribution < -0.4 is 0 Å². The molecule has 1 atom stereocenters. The van der Waals surface area contributed by atoms with Gasteiger partial charge >= 0.3 is 0 Å². The van der Waals surface area contributed by atoms with Crippen LogP contribution in [0.15, 0.2) is 0 Å². The normalized spacial score (nSPS) is 25.1. The van der Waals surface area contributed by atoms with Crippen LogP contribution in [-0.4, -0.2) is 19.5 Å². The minimum Gasteiger partial charge on any atom is -0.353 e. The van der Waals surface area contributed by atoms with E-state index < -0.39 is 0 Å². The highest BCUT2D eigenvalue weighted by Gasteiger charge is 2.04. The molecular formula is C6H11O2. The molecule has 0 spiro atoms. The topological polar surface area (TPSA) is 18.5 Å². The zero-order valence-corrected chi connectivity index (χ0v) is 5.09. The summed E-state index contributed by atoms with van der Waals surface area (Å²) in [7, 11) is 0. The van der Waals surface area contributed by atoms with Crippen molar-refractivity contribution in [1.29, 1.82) is 0 Å². The third-order valence-electron chi connectivity index (χ3n) is 1.12. The Morgan fingerprint density at radius 2 is 2.38 bits per heavy atom. The monoisotopic (exact) mass is 115 g/mol. The van der Waals surface area contributed by atoms with Crippen LogP contribution in [0, 0.1) is 6.42 Å². The lowest BCUT2D eigenvalue weighted by molar-refractivity contribution is -0.110. The van der Waals surface area contributed by atoms with Gasteiger partial charge in [0.25, 0.3) is 0 Å². The molecule has 0 aromatic carbocycles. The lowest BCUT2D eigenvalue weighted by Crippen LogP contribution is -2.09. The van der Waals surface area contributed by atoms with Crippen LogP contribution >= 0.6 is 0 Å². The van der Waals surface area contributed by atoms with Gasteiger partial charge in [-0.05, 0) is 19.8 Å². The molecule has 0 aliphatic carbocycles. The Hall–Kier alpha value is -0.0800. The van der Waals surface area contributed by atoms with E-state index in [2.05, 4.69) is 6.42 Å². The van der Waals surface area contributed by atoms with Crippen molar-refractivity contribution < 1.29 is 9.47 Å². The molecule has 0 amide bonds. The van der Waals surface area contributed by atoms with E-state index in [1.54, 1.807) is 0 Å². The fourth-order valence-electron chi connectivity index (χ4n) is 0.652. The molecule has 47 valence electrons. The molecular weight excluding hydrogens is 104 g/mol. The molecule has 1 rings (SSSR count). The first-order chi connectivity index (χ1) is 3.89. The van der Waals surface area contributed by atoms with Crippen molar-refractivity contribution in [1.82, 2.24) is 0 Å². The Kier molecular flexibility index (Phi) is 2.30. The van der Waals surface area contributed by atoms with Crippen molar-refractivity contribution in [2.75, 3.05) is 13.2 Å². The summed E-state index contributed by atoms with van der Waals surface area (Å²) in [6.07, 6.45) is 3.10. The summed E-state index contributed by atoms with van der Waals surface area (Å²) in [5.41, 5.74) is 0. The van der Waals surface area contributed by atoms with Crippen molar-refractivity contribution >= 4 is 0 Å². The Morgan fingerprint density at radius 1 is 1.50 bits per heavy atom. The summed E-state index contributed by atoms with van der Waals surface area (Å²) < 4.78 is 10.3. The predicted molar refractivity (Wildman–Crippen MR) is 30.3 cm³/mol. The Labute approximate surface area is 49.8 Å². The summed E-state index contributed by atoms with van der Waals surface area (Å²) >= 11 is 0. The fourth-order valence-corrected chi connectivity index (χ4v) is 0.652. The maximum atomic E-state index is 5.15. The lowest BCUT2D eigenvalue weighted by atomic mass is 10.3. The summed E-state index contributed by atoms with van der Waals surface area (Å²) in [5.74, 6) is 0. The van der Waals surface area contributed by atoms with Crippen LogP contribution in [0.2, 0.25) is 0 Å². The van der Waals surface area contributed by atoms with Gasteiger partial charge in [0.15, 0.2) is 6.29 Å². The largest absolute Gasteiger partial charge is 0.353 e. The smallest absolute Gasteiger partial charge is 0.154 e. The fraction of sp³-hybridized carbons (Fsp3) is 0.833. The maximum absolute atomic E-state index is 5.15. The molecule has 1 heterocycles. The van der Waals surface area contributed by atoms with E-state index in [1.165, 1.54) is 0 Å². The molecule has 1 aliphatic rings. The molecule has 2 heteroatoms. The third kappa shape index (κ3) is 1.80. The first kappa shape index (κ1) is 6.05. The Bertz CT molecular complexity index is 55.5. The number of ether oxygens (including phenoxy) is 2. The van der Waals surface area contributed by atoms with Gasteiger partial charge in [0.2, 0.25) is 0 Å². The van der Waals surface area contributed by atoms with Gasteiger partial charge in [0.05, 0.1) is 13.2 Å². The second-order valence-corrected chi connectivity index (χ2v) is 1.85. The average molecular weight is 115 g/mol. The van der Waals surface area contributed by atoms with Crippen molar-refractivity contribution in [2.24, 2.45) is 0 Å². The van der Waals surface area contributed by atoms with E-state index in [4.69, 9.17) is 9.47 Å². The number of hydrogen-bond acceptors (Lipinski definition) is 2. The highest BCUT2D eigenvalue weighted by molar-refractivity contribution is 4.64. The molecule has 1 unspecified atom stereocenters. The van der Waals surface area contributed by atoms with Crippen LogP contribution in [0.25, 0.3) is 0 Å². The van der Waals surface area contributed by atoms with Crippen molar-refractivity contribution in [3.05, 3.63) is 6.42 Å². The SMILES string of the molecule is CC1OC[CH]CCO1. The van der Waals surface area contributed by atoms with Gasteiger partial charge in [-0.1, -0.05) is 0 Å². The van der Waals surface area contributed by atoms with Crippen molar-refractivity contribution in [3.8, 4) is 0 Å². The predicted octanol–water partition coefficient (Wildman–Crippen LogP) is 0.974. The third-order valence-corrected chi connectivity index (χ3v) is 1.12. The first-order valence-electron chi connectivity index (χ1n) is 2.94. The second-order valence-electron chi connectivity index (χ2n) is 1.85. The molecule has 0 saturated carbocycles. The van der Waals surface area contributed by atoms with Crippen molar-refractivity contribution in [3.63, 3.8) is 0 Å². The molecule has 1 saturated heterocycles. The molecule has 1 radical (unpaired) electrons. The maximum Gasteiger partial charge on any atom is 0.154 e. The van der Waals surface area contributed by atoms with E-state index in [1.807, 2.05) is 6.92 Å². The Morgan fingerprint density at radius 3 is 3.25 bits per heavy atom. The summed E-state index contributed by atoms with van der Waals surface area (Å²) in [5, 5.41) is 0. The van der Waals surface area contributed by atoms with Crippen LogP contribution in [0.4, 0.5) is 0 Å². The quantitative estimate of drug-likeness (QED) is 0.468. The lowest BCUT2D eigenvalue weighted by Gasteiger charge is -2.06. The first-order valence-corrected chi connectivity index (χ1v) is 2.94. The minimum absolute atomic E-state index is 0.00579. The van der Waals surface area contributed by atoms with Gasteiger partial charge in [0, 0.05) is 0 Å². The molecule has 0 bridgehead atoms. The van der Waals surface area contributed by atoms with Gasteiger partial charge in [-0.3, -0.25) is 0 Å². The zero-order chi connectivity index (χ0) is 5.82. The van der Waals surface area contributed by atoms with Crippen LogP contribution in [0.5, 0.6) is 0 Å². The summed E-state index contributed by atoms with van der Waals surface area (Å²) in [4.78, 5) is 0. The van der Waals surface area contributed by atoms with Gasteiger partial charge in [-0.15, -0.1) is 0 Å². The highest BCUT2D eigenvalue weighted by atomic mass is 16.7. The van der Waals surface area contributed by atoms with E-state index in [0.717, 1.165) is 19.6 Å². The molecule has 2 nitrogen and oxygen atoms in total.